The maximum Gasteiger partial charge on any atom is 0.251 e. The molecule has 124 valence electrons. The monoisotopic (exact) mass is 343 g/mol. The van der Waals surface area contributed by atoms with Crippen LogP contribution in [0.25, 0.3) is 11.0 Å². The molecule has 1 aromatic carbocycles. The van der Waals surface area contributed by atoms with Crippen LogP contribution in [0.5, 0.6) is 0 Å². The molecular formula is C15H17N7OS. The van der Waals surface area contributed by atoms with Gasteiger partial charge in [0.2, 0.25) is 5.16 Å². The fourth-order valence-electron chi connectivity index (χ4n) is 2.12. The number of aromatic nitrogens is 6. The van der Waals surface area contributed by atoms with Gasteiger partial charge in [0, 0.05) is 24.9 Å². The molecular weight excluding hydrogens is 326 g/mol. The summed E-state index contributed by atoms with van der Waals surface area (Å²) in [6, 6.07) is 5.36. The normalized spacial score (nSPS) is 11.0. The molecule has 24 heavy (non-hydrogen) atoms. The van der Waals surface area contributed by atoms with E-state index >= 15 is 0 Å². The van der Waals surface area contributed by atoms with E-state index in [2.05, 4.69) is 30.8 Å². The molecule has 0 unspecified atom stereocenters. The second-order valence-electron chi connectivity index (χ2n) is 5.29. The highest BCUT2D eigenvalue weighted by Crippen LogP contribution is 2.15. The number of aryl methyl sites for hydroxylation is 3. The second-order valence-corrected chi connectivity index (χ2v) is 6.35. The number of nitrogens with zero attached hydrogens (tertiary/aromatic N) is 6. The maximum atomic E-state index is 12.3. The Labute approximate surface area is 143 Å². The van der Waals surface area contributed by atoms with Crippen molar-refractivity contribution in [1.29, 1.82) is 0 Å². The van der Waals surface area contributed by atoms with Gasteiger partial charge in [-0.2, -0.15) is 0 Å². The first-order valence-corrected chi connectivity index (χ1v) is 8.41. The van der Waals surface area contributed by atoms with Gasteiger partial charge >= 0.3 is 0 Å². The minimum absolute atomic E-state index is 0.131. The van der Waals surface area contributed by atoms with Gasteiger partial charge in [-0.05, 0) is 42.5 Å². The molecule has 0 aliphatic heterocycles. The molecule has 0 aliphatic carbocycles. The highest BCUT2D eigenvalue weighted by Gasteiger charge is 2.09. The summed E-state index contributed by atoms with van der Waals surface area (Å²) in [6.45, 7) is 4.35. The molecule has 0 aliphatic rings. The van der Waals surface area contributed by atoms with E-state index in [0.717, 1.165) is 27.6 Å². The molecule has 2 aromatic heterocycles. The quantitative estimate of drug-likeness (QED) is 0.550. The minimum Gasteiger partial charge on any atom is -0.351 e. The van der Waals surface area contributed by atoms with Crippen LogP contribution in [0.15, 0.2) is 23.4 Å². The lowest BCUT2D eigenvalue weighted by molar-refractivity contribution is 0.0956. The molecule has 8 nitrogen and oxygen atoms in total. The highest BCUT2D eigenvalue weighted by molar-refractivity contribution is 7.99. The number of carbonyl (C=O) groups excluding carboxylic acids is 1. The molecule has 3 rings (SSSR count). The molecule has 0 spiro atoms. The Hall–Kier alpha value is -2.55. The van der Waals surface area contributed by atoms with Gasteiger partial charge in [0.25, 0.3) is 5.91 Å². The fraction of sp³-hybridized carbons (Fsp3) is 0.333. The van der Waals surface area contributed by atoms with Crippen LogP contribution in [-0.4, -0.2) is 48.4 Å². The number of hydrogen-bond acceptors (Lipinski definition) is 7. The third-order valence-corrected chi connectivity index (χ3v) is 4.55. The molecule has 2 heterocycles. The third-order valence-electron chi connectivity index (χ3n) is 3.54. The Kier molecular flexibility index (Phi) is 4.70. The maximum absolute atomic E-state index is 12.3. The van der Waals surface area contributed by atoms with Crippen LogP contribution < -0.4 is 5.32 Å². The number of nitrogens with one attached hydrogen (secondary N) is 1. The van der Waals surface area contributed by atoms with E-state index in [4.69, 9.17) is 0 Å². The number of benzene rings is 1. The summed E-state index contributed by atoms with van der Waals surface area (Å²) in [5.41, 5.74) is 3.86. The van der Waals surface area contributed by atoms with E-state index in [1.807, 2.05) is 19.9 Å². The van der Waals surface area contributed by atoms with E-state index < -0.39 is 0 Å². The lowest BCUT2D eigenvalue weighted by Gasteiger charge is -2.07. The number of hydrogen-bond donors (Lipinski definition) is 1. The summed E-state index contributed by atoms with van der Waals surface area (Å²) >= 11 is 1.49. The number of rotatable bonds is 5. The zero-order chi connectivity index (χ0) is 17.1. The summed E-state index contributed by atoms with van der Waals surface area (Å²) in [7, 11) is 1.78. The highest BCUT2D eigenvalue weighted by atomic mass is 32.2. The van der Waals surface area contributed by atoms with Gasteiger partial charge in [0.1, 0.15) is 0 Å². The average Bonchev–Trinajstić information content (AvgIpc) is 2.97. The number of fused-ring (bicyclic) bond motifs is 1. The molecule has 0 saturated carbocycles. The van der Waals surface area contributed by atoms with Crippen LogP contribution in [0.1, 0.15) is 21.7 Å². The van der Waals surface area contributed by atoms with Crippen LogP contribution in [-0.2, 0) is 7.05 Å². The topological polar surface area (TPSA) is 98.5 Å². The minimum atomic E-state index is -0.131. The van der Waals surface area contributed by atoms with Crippen molar-refractivity contribution < 1.29 is 4.79 Å². The Balaban J connectivity index is 1.61. The van der Waals surface area contributed by atoms with Crippen molar-refractivity contribution in [2.75, 3.05) is 12.3 Å². The van der Waals surface area contributed by atoms with Crippen molar-refractivity contribution in [2.24, 2.45) is 7.05 Å². The Bertz CT molecular complexity index is 893. The van der Waals surface area contributed by atoms with Crippen molar-refractivity contribution in [2.45, 2.75) is 19.0 Å². The van der Waals surface area contributed by atoms with Gasteiger partial charge < -0.3 is 5.32 Å². The first-order chi connectivity index (χ1) is 11.5. The van der Waals surface area contributed by atoms with Crippen LogP contribution in [0, 0.1) is 13.8 Å². The lowest BCUT2D eigenvalue weighted by atomic mass is 10.1. The summed E-state index contributed by atoms with van der Waals surface area (Å²) in [6.07, 6.45) is 0. The third kappa shape index (κ3) is 3.51. The number of carbonyl (C=O) groups is 1. The number of amides is 1. The molecule has 0 fully saturated rings. The predicted octanol–water partition coefficient (Wildman–Crippen LogP) is 1.29. The van der Waals surface area contributed by atoms with Crippen LogP contribution >= 0.6 is 11.8 Å². The first-order valence-electron chi connectivity index (χ1n) is 7.43. The smallest absolute Gasteiger partial charge is 0.251 e. The van der Waals surface area contributed by atoms with Gasteiger partial charge in [-0.1, -0.05) is 11.8 Å². The lowest BCUT2D eigenvalue weighted by Crippen LogP contribution is -2.25. The molecule has 3 aromatic rings. The van der Waals surface area contributed by atoms with E-state index in [-0.39, 0.29) is 5.91 Å². The van der Waals surface area contributed by atoms with E-state index in [1.165, 1.54) is 11.8 Å². The summed E-state index contributed by atoms with van der Waals surface area (Å²) in [5.74, 6) is 0.555. The van der Waals surface area contributed by atoms with Crippen molar-refractivity contribution >= 4 is 28.7 Å². The van der Waals surface area contributed by atoms with Crippen molar-refractivity contribution in [3.63, 3.8) is 0 Å². The van der Waals surface area contributed by atoms with Crippen LogP contribution in [0.3, 0.4) is 0 Å². The number of tetrazole rings is 1. The molecule has 0 radical (unpaired) electrons. The van der Waals surface area contributed by atoms with E-state index in [1.54, 1.807) is 23.9 Å². The molecule has 0 bridgehead atoms. The summed E-state index contributed by atoms with van der Waals surface area (Å²) < 4.78 is 1.60. The zero-order valence-electron chi connectivity index (χ0n) is 13.6. The van der Waals surface area contributed by atoms with Gasteiger partial charge in [-0.3, -0.25) is 4.79 Å². The average molecular weight is 343 g/mol. The van der Waals surface area contributed by atoms with Crippen molar-refractivity contribution in [3.8, 4) is 0 Å². The zero-order valence-corrected chi connectivity index (χ0v) is 14.5. The van der Waals surface area contributed by atoms with Gasteiger partial charge in [0.05, 0.1) is 22.4 Å². The largest absolute Gasteiger partial charge is 0.351 e. The van der Waals surface area contributed by atoms with Crippen molar-refractivity contribution in [3.05, 3.63) is 35.2 Å². The van der Waals surface area contributed by atoms with Crippen LogP contribution in [0.4, 0.5) is 0 Å². The van der Waals surface area contributed by atoms with E-state index in [9.17, 15) is 4.79 Å². The van der Waals surface area contributed by atoms with Crippen molar-refractivity contribution in [1.82, 2.24) is 35.5 Å². The molecule has 9 heteroatoms. The van der Waals surface area contributed by atoms with Crippen LogP contribution in [0.2, 0.25) is 0 Å². The van der Waals surface area contributed by atoms with Gasteiger partial charge in [0.15, 0.2) is 0 Å². The van der Waals surface area contributed by atoms with Gasteiger partial charge in [-0.25, -0.2) is 14.6 Å². The number of thioether (sulfide) groups is 1. The summed E-state index contributed by atoms with van der Waals surface area (Å²) in [5, 5.41) is 14.8. The first kappa shape index (κ1) is 16.3. The molecule has 0 atom stereocenters. The molecule has 1 N–H and O–H groups in total. The molecule has 1 amide bonds. The predicted molar refractivity (Wildman–Crippen MR) is 90.9 cm³/mol. The Morgan fingerprint density at radius 1 is 1.21 bits per heavy atom. The standard InChI is InChI=1S/C15H17N7OS/c1-9-10(2)18-13-8-11(4-5-12(13)17-9)14(23)16-6-7-24-15-19-20-21-22(15)3/h4-5,8H,6-7H2,1-3H3,(H,16,23). The fourth-order valence-corrected chi connectivity index (χ4v) is 2.83. The Morgan fingerprint density at radius 2 is 1.96 bits per heavy atom. The second kappa shape index (κ2) is 6.91. The SMILES string of the molecule is Cc1nc2ccc(C(=O)NCCSc3nnnn3C)cc2nc1C. The molecule has 0 saturated heterocycles. The summed E-state index contributed by atoms with van der Waals surface area (Å²) in [4.78, 5) is 21.2. The Morgan fingerprint density at radius 3 is 2.67 bits per heavy atom. The van der Waals surface area contributed by atoms with E-state index in [0.29, 0.717) is 17.9 Å². The van der Waals surface area contributed by atoms with Gasteiger partial charge in [-0.15, -0.1) is 5.10 Å².